The summed E-state index contributed by atoms with van der Waals surface area (Å²) in [7, 11) is -4.31. The summed E-state index contributed by atoms with van der Waals surface area (Å²) in [6.45, 7) is 2.20. The summed E-state index contributed by atoms with van der Waals surface area (Å²) in [6, 6.07) is 10.3. The Hall–Kier alpha value is -0.414. The van der Waals surface area contributed by atoms with Gasteiger partial charge in [-0.15, -0.1) is 5.75 Å². The summed E-state index contributed by atoms with van der Waals surface area (Å²) in [4.78, 5) is -0.207. The van der Waals surface area contributed by atoms with Crippen molar-refractivity contribution in [3.05, 3.63) is 48.0 Å². The average Bonchev–Trinajstić information content (AvgIpc) is 2.63. The molecule has 7 heteroatoms. The van der Waals surface area contributed by atoms with Gasteiger partial charge < -0.3 is 9.84 Å². The zero-order valence-electron chi connectivity index (χ0n) is 16.7. The molecule has 1 N–H and O–H groups in total. The van der Waals surface area contributed by atoms with Crippen molar-refractivity contribution in [2.45, 2.75) is 63.2 Å². The van der Waals surface area contributed by atoms with Gasteiger partial charge in [-0.1, -0.05) is 63.6 Å². The average molecular weight is 431 g/mol. The van der Waals surface area contributed by atoms with Crippen LogP contribution in [0.15, 0.2) is 47.4 Å². The molecular weight excluding hydrogens is 403 g/mol. The van der Waals surface area contributed by atoms with E-state index < -0.39 is 10.1 Å². The monoisotopic (exact) mass is 430 g/mol. The fourth-order valence-electron chi connectivity index (χ4n) is 2.90. The van der Waals surface area contributed by atoms with E-state index in [1.807, 2.05) is 0 Å². The third-order valence-corrected chi connectivity index (χ3v) is 5.29. The van der Waals surface area contributed by atoms with Gasteiger partial charge in [0.1, 0.15) is 11.5 Å². The first-order valence-corrected chi connectivity index (χ1v) is 10.9. The maximum atomic E-state index is 11.4. The molecule has 0 aliphatic carbocycles. The van der Waals surface area contributed by atoms with Gasteiger partial charge in [-0.3, -0.25) is 4.55 Å². The number of ether oxygens (including phenoxy) is 1. The normalized spacial score (nSPS) is 11.1. The summed E-state index contributed by atoms with van der Waals surface area (Å²) in [6.07, 6.45) is 9.04. The van der Waals surface area contributed by atoms with E-state index >= 15 is 0 Å². The molecule has 0 bridgehead atoms. The number of rotatable bonds is 11. The standard InChI is InChI=1S/C21H28O5S.K/c1-2-3-4-5-6-7-8-9-17-10-15-20(27(23,24)25)16-21(17)26-19-13-11-18(22)12-14-19;/h10-16,22H,2-9H2,1H3,(H,23,24,25);/q;+1/p-1. The molecule has 0 atom stereocenters. The Bertz CT molecular complexity index is 819. The number of hydrogen-bond donors (Lipinski definition) is 1. The van der Waals surface area contributed by atoms with Gasteiger partial charge in [0, 0.05) is 6.07 Å². The fourth-order valence-corrected chi connectivity index (χ4v) is 3.40. The number of unbranched alkanes of at least 4 members (excludes halogenated alkanes) is 6. The van der Waals surface area contributed by atoms with Crippen LogP contribution in [0.25, 0.3) is 0 Å². The van der Waals surface area contributed by atoms with Crippen molar-refractivity contribution in [1.82, 2.24) is 0 Å². The number of benzene rings is 2. The van der Waals surface area contributed by atoms with E-state index in [4.69, 9.17) is 4.74 Å². The molecule has 0 spiro atoms. The van der Waals surface area contributed by atoms with E-state index in [1.54, 1.807) is 18.2 Å². The Morgan fingerprint density at radius 1 is 0.929 bits per heavy atom. The van der Waals surface area contributed by atoms with E-state index in [1.165, 1.54) is 56.4 Å². The van der Waals surface area contributed by atoms with Crippen molar-refractivity contribution in [2.75, 3.05) is 0 Å². The smallest absolute Gasteiger partial charge is 0.872 e. The Balaban J connectivity index is 0.00000392. The van der Waals surface area contributed by atoms with Gasteiger partial charge in [0.25, 0.3) is 10.1 Å². The second-order valence-electron chi connectivity index (χ2n) is 6.69. The molecule has 0 aliphatic heterocycles. The van der Waals surface area contributed by atoms with Crippen molar-refractivity contribution < 1.29 is 74.2 Å². The number of hydrogen-bond acceptors (Lipinski definition) is 4. The van der Waals surface area contributed by atoms with Crippen molar-refractivity contribution >= 4 is 10.1 Å². The third kappa shape index (κ3) is 8.94. The Kier molecular flexibility index (Phi) is 11.9. The predicted molar refractivity (Wildman–Crippen MR) is 104 cm³/mol. The van der Waals surface area contributed by atoms with Crippen molar-refractivity contribution in [1.29, 1.82) is 0 Å². The van der Waals surface area contributed by atoms with Crippen LogP contribution < -0.4 is 61.2 Å². The Labute approximate surface area is 210 Å². The first-order chi connectivity index (χ1) is 12.9. The van der Waals surface area contributed by atoms with Crippen LogP contribution in [-0.4, -0.2) is 13.0 Å². The molecule has 2 aromatic rings. The van der Waals surface area contributed by atoms with Gasteiger partial charge >= 0.3 is 51.4 Å². The van der Waals surface area contributed by atoms with E-state index in [-0.39, 0.29) is 62.0 Å². The Morgan fingerprint density at radius 3 is 2.14 bits per heavy atom. The molecule has 5 nitrogen and oxygen atoms in total. The SMILES string of the molecule is CCCCCCCCCc1ccc(S(=O)(=O)O)cc1Oc1ccc([O-])cc1.[K+]. The third-order valence-electron chi connectivity index (χ3n) is 4.44. The largest absolute Gasteiger partial charge is 1.00 e. The van der Waals surface area contributed by atoms with E-state index in [0.29, 0.717) is 11.5 Å². The molecule has 0 amide bonds. The predicted octanol–water partition coefficient (Wildman–Crippen LogP) is 2.10. The quantitative estimate of drug-likeness (QED) is 0.335. The molecular formula is C21H27KO5S. The molecule has 0 heterocycles. The van der Waals surface area contributed by atoms with Crippen LogP contribution in [0.3, 0.4) is 0 Å². The van der Waals surface area contributed by atoms with Crippen molar-refractivity contribution in [3.8, 4) is 17.2 Å². The summed E-state index contributed by atoms with van der Waals surface area (Å²) in [5.41, 5.74) is 0.877. The first kappa shape index (κ1) is 25.6. The minimum atomic E-state index is -4.31. The maximum absolute atomic E-state index is 11.4. The molecule has 148 valence electrons. The van der Waals surface area contributed by atoms with E-state index in [9.17, 15) is 18.1 Å². The van der Waals surface area contributed by atoms with Gasteiger partial charge in [0.05, 0.1) is 4.90 Å². The van der Waals surface area contributed by atoms with Gasteiger partial charge in [-0.25, -0.2) is 0 Å². The molecule has 2 rings (SSSR count). The van der Waals surface area contributed by atoms with Crippen LogP contribution in [0.1, 0.15) is 57.4 Å². The second kappa shape index (κ2) is 13.0. The van der Waals surface area contributed by atoms with Gasteiger partial charge in [0.15, 0.2) is 0 Å². The summed E-state index contributed by atoms with van der Waals surface area (Å²) in [5, 5.41) is 11.2. The fraction of sp³-hybridized carbons (Fsp3) is 0.429. The molecule has 2 aromatic carbocycles. The van der Waals surface area contributed by atoms with Crippen LogP contribution >= 0.6 is 0 Å². The summed E-state index contributed by atoms with van der Waals surface area (Å²) in [5.74, 6) is 0.704. The van der Waals surface area contributed by atoms with Crippen LogP contribution in [0.5, 0.6) is 17.2 Å². The second-order valence-corrected chi connectivity index (χ2v) is 8.11. The maximum Gasteiger partial charge on any atom is 1.00 e. The molecule has 0 unspecified atom stereocenters. The Morgan fingerprint density at radius 2 is 1.54 bits per heavy atom. The van der Waals surface area contributed by atoms with Crippen LogP contribution in [0.4, 0.5) is 0 Å². The molecule has 0 fully saturated rings. The molecule has 0 radical (unpaired) electrons. The van der Waals surface area contributed by atoms with Gasteiger partial charge in [0.2, 0.25) is 0 Å². The number of aryl methyl sites for hydroxylation is 1. The summed E-state index contributed by atoms with van der Waals surface area (Å²) < 4.78 is 38.0. The molecule has 0 saturated heterocycles. The van der Waals surface area contributed by atoms with Crippen LogP contribution in [0.2, 0.25) is 0 Å². The molecule has 0 aliphatic rings. The van der Waals surface area contributed by atoms with Gasteiger partial charge in [-0.05, 0) is 36.6 Å². The molecule has 0 saturated carbocycles. The molecule has 0 aromatic heterocycles. The van der Waals surface area contributed by atoms with Crippen molar-refractivity contribution in [2.24, 2.45) is 0 Å². The van der Waals surface area contributed by atoms with Gasteiger partial charge in [-0.2, -0.15) is 8.42 Å². The minimum absolute atomic E-state index is 0. The zero-order valence-corrected chi connectivity index (χ0v) is 20.6. The van der Waals surface area contributed by atoms with Crippen LogP contribution in [0, 0.1) is 0 Å². The summed E-state index contributed by atoms with van der Waals surface area (Å²) >= 11 is 0. The molecule has 28 heavy (non-hydrogen) atoms. The minimum Gasteiger partial charge on any atom is -0.872 e. The zero-order chi connectivity index (χ0) is 19.7. The van der Waals surface area contributed by atoms with Crippen molar-refractivity contribution in [3.63, 3.8) is 0 Å². The van der Waals surface area contributed by atoms with Crippen LogP contribution in [-0.2, 0) is 16.5 Å². The first-order valence-electron chi connectivity index (χ1n) is 9.45. The van der Waals surface area contributed by atoms with E-state index in [2.05, 4.69) is 6.92 Å². The topological polar surface area (TPSA) is 86.7 Å². The van der Waals surface area contributed by atoms with E-state index in [0.717, 1.165) is 24.8 Å².